The van der Waals surface area contributed by atoms with Crippen LogP contribution in [-0.2, 0) is 11.2 Å². The van der Waals surface area contributed by atoms with Gasteiger partial charge in [0.25, 0.3) is 0 Å². The SMILES string of the molecule is CC(=O)/C(C)=C(\O)CCCOc1cc2c(cc1Br)Cc1cc(Br)c(C)cc1-2. The van der Waals surface area contributed by atoms with Gasteiger partial charge in [0, 0.05) is 16.5 Å². The molecule has 0 saturated heterocycles. The summed E-state index contributed by atoms with van der Waals surface area (Å²) in [6.07, 6.45) is 2.00. The number of Topliss-reactive ketones (excluding diaryl/α,β-unsaturated/α-hetero) is 1. The first-order valence-electron chi connectivity index (χ1n) is 8.92. The molecule has 0 spiro atoms. The summed E-state index contributed by atoms with van der Waals surface area (Å²) >= 11 is 7.23. The summed E-state index contributed by atoms with van der Waals surface area (Å²) in [4.78, 5) is 11.3. The number of rotatable bonds is 6. The number of aliphatic hydroxyl groups excluding tert-OH is 1. The highest BCUT2D eigenvalue weighted by molar-refractivity contribution is 9.10. The van der Waals surface area contributed by atoms with Crippen LogP contribution in [0.5, 0.6) is 5.75 Å². The van der Waals surface area contributed by atoms with Gasteiger partial charge in [0.1, 0.15) is 5.75 Å². The van der Waals surface area contributed by atoms with Gasteiger partial charge >= 0.3 is 0 Å². The highest BCUT2D eigenvalue weighted by Crippen LogP contribution is 2.43. The Bertz CT molecular complexity index is 945. The molecule has 0 amide bonds. The summed E-state index contributed by atoms with van der Waals surface area (Å²) < 4.78 is 8.02. The molecule has 0 bridgehead atoms. The molecule has 1 N–H and O–H groups in total. The van der Waals surface area contributed by atoms with Crippen molar-refractivity contribution in [2.75, 3.05) is 6.61 Å². The van der Waals surface area contributed by atoms with Crippen LogP contribution < -0.4 is 4.74 Å². The monoisotopic (exact) mass is 492 g/mol. The average molecular weight is 494 g/mol. The number of fused-ring (bicyclic) bond motifs is 3. The fraction of sp³-hybridized carbons (Fsp3) is 0.318. The summed E-state index contributed by atoms with van der Waals surface area (Å²) in [5.41, 5.74) is 6.73. The van der Waals surface area contributed by atoms with Crippen molar-refractivity contribution in [1.29, 1.82) is 0 Å². The van der Waals surface area contributed by atoms with Gasteiger partial charge in [-0.25, -0.2) is 0 Å². The molecule has 0 aromatic heterocycles. The maximum atomic E-state index is 11.3. The highest BCUT2D eigenvalue weighted by atomic mass is 79.9. The number of hydrogen-bond acceptors (Lipinski definition) is 3. The second-order valence-electron chi connectivity index (χ2n) is 6.95. The van der Waals surface area contributed by atoms with E-state index in [1.807, 2.05) is 0 Å². The lowest BCUT2D eigenvalue weighted by Gasteiger charge is -2.12. The number of ether oxygens (including phenoxy) is 1. The predicted octanol–water partition coefficient (Wildman–Crippen LogP) is 6.67. The Kier molecular flexibility index (Phi) is 6.11. The van der Waals surface area contributed by atoms with Crippen LogP contribution in [0.2, 0.25) is 0 Å². The fourth-order valence-corrected chi connectivity index (χ4v) is 4.14. The Hall–Kier alpha value is -1.59. The molecule has 1 aliphatic carbocycles. The Morgan fingerprint density at radius 3 is 2.37 bits per heavy atom. The van der Waals surface area contributed by atoms with E-state index in [-0.39, 0.29) is 11.5 Å². The standard InChI is InChI=1S/C22H22Br2O3/c1-12-7-17-15(9-19(12)23)8-16-10-20(24)22(11-18(16)17)27-6-4-5-21(26)13(2)14(3)25/h7,9-11,26H,4-6,8H2,1-3H3/b21-13-. The van der Waals surface area contributed by atoms with Gasteiger partial charge in [0.2, 0.25) is 0 Å². The summed E-state index contributed by atoms with van der Waals surface area (Å²) in [7, 11) is 0. The normalized spacial score (nSPS) is 13.1. The second-order valence-corrected chi connectivity index (χ2v) is 8.66. The van der Waals surface area contributed by atoms with E-state index in [4.69, 9.17) is 4.74 Å². The van der Waals surface area contributed by atoms with Crippen LogP contribution in [0, 0.1) is 6.92 Å². The first-order valence-corrected chi connectivity index (χ1v) is 10.5. The molecular formula is C22H22Br2O3. The van der Waals surface area contributed by atoms with Crippen molar-refractivity contribution >= 4 is 37.6 Å². The Morgan fingerprint density at radius 2 is 1.70 bits per heavy atom. The smallest absolute Gasteiger partial charge is 0.158 e. The molecular weight excluding hydrogens is 472 g/mol. The van der Waals surface area contributed by atoms with Crippen LogP contribution in [0.4, 0.5) is 0 Å². The lowest BCUT2D eigenvalue weighted by molar-refractivity contribution is -0.113. The average Bonchev–Trinajstić information content (AvgIpc) is 2.94. The zero-order valence-electron chi connectivity index (χ0n) is 15.7. The molecule has 0 radical (unpaired) electrons. The highest BCUT2D eigenvalue weighted by Gasteiger charge is 2.21. The molecule has 0 fully saturated rings. The van der Waals surface area contributed by atoms with Gasteiger partial charge in [0.15, 0.2) is 5.78 Å². The number of carbonyl (C=O) groups excluding carboxylic acids is 1. The van der Waals surface area contributed by atoms with Crippen LogP contribution in [0.15, 0.2) is 44.5 Å². The molecule has 0 heterocycles. The van der Waals surface area contributed by atoms with Crippen molar-refractivity contribution in [3.05, 3.63) is 61.2 Å². The number of ketones is 1. The molecule has 3 rings (SSSR count). The van der Waals surface area contributed by atoms with E-state index >= 15 is 0 Å². The zero-order valence-corrected chi connectivity index (χ0v) is 18.8. The van der Waals surface area contributed by atoms with E-state index in [1.165, 1.54) is 34.7 Å². The molecule has 2 aromatic rings. The third-order valence-electron chi connectivity index (χ3n) is 4.99. The maximum absolute atomic E-state index is 11.3. The Morgan fingerprint density at radius 1 is 1.07 bits per heavy atom. The van der Waals surface area contributed by atoms with Gasteiger partial charge in [0.05, 0.1) is 16.8 Å². The van der Waals surface area contributed by atoms with Crippen molar-refractivity contribution in [2.24, 2.45) is 0 Å². The quantitative estimate of drug-likeness (QED) is 0.237. The summed E-state index contributed by atoms with van der Waals surface area (Å²) in [5.74, 6) is 0.846. The van der Waals surface area contributed by atoms with Gasteiger partial charge < -0.3 is 9.84 Å². The number of allylic oxidation sites excluding steroid dienone is 2. The Balaban J connectivity index is 1.73. The van der Waals surface area contributed by atoms with Crippen molar-refractivity contribution in [2.45, 2.75) is 40.0 Å². The third kappa shape index (κ3) is 4.30. The van der Waals surface area contributed by atoms with Gasteiger partial charge in [-0.15, -0.1) is 0 Å². The molecule has 0 atom stereocenters. The summed E-state index contributed by atoms with van der Waals surface area (Å²) in [6, 6.07) is 8.64. The van der Waals surface area contributed by atoms with Gasteiger partial charge in [-0.2, -0.15) is 0 Å². The van der Waals surface area contributed by atoms with Crippen LogP contribution in [0.25, 0.3) is 11.1 Å². The third-order valence-corrected chi connectivity index (χ3v) is 6.46. The van der Waals surface area contributed by atoms with Crippen LogP contribution in [0.3, 0.4) is 0 Å². The molecule has 0 unspecified atom stereocenters. The van der Waals surface area contributed by atoms with Crippen molar-refractivity contribution < 1.29 is 14.6 Å². The molecule has 2 aromatic carbocycles. The minimum atomic E-state index is -0.101. The van der Waals surface area contributed by atoms with Gasteiger partial charge in [-0.3, -0.25) is 4.79 Å². The molecule has 0 aliphatic heterocycles. The lowest BCUT2D eigenvalue weighted by atomic mass is 10.0. The van der Waals surface area contributed by atoms with E-state index < -0.39 is 0 Å². The molecule has 3 nitrogen and oxygen atoms in total. The fourth-order valence-electron chi connectivity index (χ4n) is 3.24. The van der Waals surface area contributed by atoms with Crippen molar-refractivity contribution in [3.8, 4) is 16.9 Å². The molecule has 142 valence electrons. The van der Waals surface area contributed by atoms with E-state index in [0.29, 0.717) is 25.0 Å². The number of aliphatic hydroxyl groups is 1. The Labute approximate surface area is 176 Å². The van der Waals surface area contributed by atoms with E-state index in [2.05, 4.69) is 63.0 Å². The lowest BCUT2D eigenvalue weighted by Crippen LogP contribution is -2.02. The van der Waals surface area contributed by atoms with Crippen LogP contribution in [0.1, 0.15) is 43.4 Å². The predicted molar refractivity (Wildman–Crippen MR) is 116 cm³/mol. The second kappa shape index (κ2) is 8.19. The van der Waals surface area contributed by atoms with Gasteiger partial charge in [-0.1, -0.05) is 22.0 Å². The van der Waals surface area contributed by atoms with Crippen LogP contribution in [-0.4, -0.2) is 17.5 Å². The zero-order chi connectivity index (χ0) is 19.7. The van der Waals surface area contributed by atoms with E-state index in [9.17, 15) is 9.90 Å². The molecule has 0 saturated carbocycles. The minimum Gasteiger partial charge on any atom is -0.512 e. The van der Waals surface area contributed by atoms with Crippen molar-refractivity contribution in [3.63, 3.8) is 0 Å². The topological polar surface area (TPSA) is 46.5 Å². The molecule has 1 aliphatic rings. The number of carbonyl (C=O) groups is 1. The first-order chi connectivity index (χ1) is 12.8. The summed E-state index contributed by atoms with van der Waals surface area (Å²) in [5, 5.41) is 9.91. The molecule has 27 heavy (non-hydrogen) atoms. The molecule has 5 heteroatoms. The van der Waals surface area contributed by atoms with Gasteiger partial charge in [-0.05, 0) is 95.6 Å². The van der Waals surface area contributed by atoms with Crippen LogP contribution >= 0.6 is 31.9 Å². The van der Waals surface area contributed by atoms with E-state index in [0.717, 1.165) is 21.1 Å². The maximum Gasteiger partial charge on any atom is 0.158 e. The number of hydrogen-bond donors (Lipinski definition) is 1. The largest absolute Gasteiger partial charge is 0.512 e. The number of aryl methyl sites for hydroxylation is 1. The first kappa shape index (κ1) is 20.2. The van der Waals surface area contributed by atoms with Crippen molar-refractivity contribution in [1.82, 2.24) is 0 Å². The minimum absolute atomic E-state index is 0.101. The number of halogens is 2. The van der Waals surface area contributed by atoms with E-state index in [1.54, 1.807) is 6.92 Å². The summed E-state index contributed by atoms with van der Waals surface area (Å²) in [6.45, 7) is 5.68. The number of benzene rings is 2.